The highest BCUT2D eigenvalue weighted by Gasteiger charge is 2.17. The van der Waals surface area contributed by atoms with Crippen molar-refractivity contribution >= 4 is 17.5 Å². The van der Waals surface area contributed by atoms with Crippen LogP contribution in [0.4, 0.5) is 5.69 Å². The lowest BCUT2D eigenvalue weighted by atomic mass is 10.1. The highest BCUT2D eigenvalue weighted by atomic mass is 16.6. The first-order chi connectivity index (χ1) is 12.8. The predicted molar refractivity (Wildman–Crippen MR) is 104 cm³/mol. The summed E-state index contributed by atoms with van der Waals surface area (Å²) in [6, 6.07) is 7.04. The first-order valence-corrected chi connectivity index (χ1v) is 8.49. The Hall–Kier alpha value is -3.16. The number of esters is 1. The number of benzene rings is 1. The van der Waals surface area contributed by atoms with E-state index in [4.69, 9.17) is 15.2 Å². The molecule has 0 bridgehead atoms. The van der Waals surface area contributed by atoms with E-state index < -0.39 is 5.60 Å². The van der Waals surface area contributed by atoms with Gasteiger partial charge in [0.05, 0.1) is 0 Å². The topological polar surface area (TPSA) is 112 Å². The van der Waals surface area contributed by atoms with Crippen LogP contribution in [0.5, 0.6) is 5.75 Å². The summed E-state index contributed by atoms with van der Waals surface area (Å²) in [6.45, 7) is 5.70. The number of nitrogens with zero attached hydrogens (tertiary/aromatic N) is 3. The molecule has 144 valence electrons. The number of hydrogen-bond donors (Lipinski definition) is 2. The zero-order valence-corrected chi connectivity index (χ0v) is 16.0. The predicted octanol–water partition coefficient (Wildman–Crippen LogP) is 2.14. The lowest BCUT2D eigenvalue weighted by Crippen LogP contribution is -2.28. The quantitative estimate of drug-likeness (QED) is 0.436. The molecule has 0 amide bonds. The van der Waals surface area contributed by atoms with Crippen molar-refractivity contribution in [2.75, 3.05) is 18.9 Å². The average Bonchev–Trinajstić information content (AvgIpc) is 2.63. The van der Waals surface area contributed by atoms with Gasteiger partial charge < -0.3 is 20.5 Å². The molecule has 8 heteroatoms. The molecule has 0 saturated heterocycles. The molecule has 0 fully saturated rings. The minimum atomic E-state index is -0.539. The second-order valence-corrected chi connectivity index (χ2v) is 6.71. The Bertz CT molecular complexity index is 801. The van der Waals surface area contributed by atoms with E-state index in [-0.39, 0.29) is 19.1 Å². The first kappa shape index (κ1) is 20.2. The van der Waals surface area contributed by atoms with Crippen molar-refractivity contribution in [1.82, 2.24) is 9.97 Å². The van der Waals surface area contributed by atoms with Gasteiger partial charge in [-0.05, 0) is 45.0 Å². The molecule has 0 aliphatic heterocycles. The molecule has 0 saturated carbocycles. The third-order valence-corrected chi connectivity index (χ3v) is 3.34. The summed E-state index contributed by atoms with van der Waals surface area (Å²) in [4.78, 5) is 24.2. The molecule has 1 aromatic carbocycles. The summed E-state index contributed by atoms with van der Waals surface area (Å²) in [5.41, 5.74) is 6.75. The monoisotopic (exact) mass is 371 g/mol. The summed E-state index contributed by atoms with van der Waals surface area (Å²) in [5, 5.41) is 3.04. The number of carbonyl (C=O) groups excluding carboxylic acids is 1. The Morgan fingerprint density at radius 3 is 2.59 bits per heavy atom. The molecule has 2 aromatic rings. The summed E-state index contributed by atoms with van der Waals surface area (Å²) in [5.74, 6) is 1.13. The van der Waals surface area contributed by atoms with E-state index >= 15 is 0 Å². The Labute approximate surface area is 158 Å². The number of ether oxygens (including phenoxy) is 2. The number of nitrogens with one attached hydrogen (secondary N) is 1. The molecule has 0 aliphatic carbocycles. The van der Waals surface area contributed by atoms with Crippen LogP contribution in [0.3, 0.4) is 0 Å². The molecular formula is C19H25N5O3. The van der Waals surface area contributed by atoms with Crippen molar-refractivity contribution in [3.05, 3.63) is 48.0 Å². The highest BCUT2D eigenvalue weighted by molar-refractivity contribution is 6.03. The molecular weight excluding hydrogens is 346 g/mol. The van der Waals surface area contributed by atoms with Gasteiger partial charge in [-0.25, -0.2) is 9.97 Å². The van der Waals surface area contributed by atoms with Gasteiger partial charge in [0.25, 0.3) is 0 Å². The Balaban J connectivity index is 2.09. The number of aliphatic imine (C=N–C) groups is 1. The molecule has 1 heterocycles. The summed E-state index contributed by atoms with van der Waals surface area (Å²) >= 11 is 0. The van der Waals surface area contributed by atoms with Gasteiger partial charge >= 0.3 is 5.97 Å². The SMILES string of the molecule is CN=C(N)c1cc(OCc2ncccn2)ccc1NCC(=O)OC(C)(C)C. The fourth-order valence-corrected chi connectivity index (χ4v) is 2.20. The molecule has 0 unspecified atom stereocenters. The maximum absolute atomic E-state index is 11.9. The van der Waals surface area contributed by atoms with E-state index in [9.17, 15) is 4.79 Å². The standard InChI is InChI=1S/C19H25N5O3/c1-19(2,3)27-17(25)11-24-15-7-6-13(10-14(15)18(20)21-4)26-12-16-22-8-5-9-23-16/h5-10,24H,11-12H2,1-4H3,(H2,20,21). The minimum Gasteiger partial charge on any atom is -0.486 e. The fourth-order valence-electron chi connectivity index (χ4n) is 2.20. The molecule has 1 aromatic heterocycles. The van der Waals surface area contributed by atoms with Gasteiger partial charge in [-0.2, -0.15) is 0 Å². The first-order valence-electron chi connectivity index (χ1n) is 8.49. The van der Waals surface area contributed by atoms with Crippen molar-refractivity contribution < 1.29 is 14.3 Å². The van der Waals surface area contributed by atoms with E-state index in [2.05, 4.69) is 20.3 Å². The molecule has 0 spiro atoms. The third kappa shape index (κ3) is 6.58. The smallest absolute Gasteiger partial charge is 0.325 e. The van der Waals surface area contributed by atoms with Crippen LogP contribution >= 0.6 is 0 Å². The molecule has 8 nitrogen and oxygen atoms in total. The fraction of sp³-hybridized carbons (Fsp3) is 0.368. The third-order valence-electron chi connectivity index (χ3n) is 3.34. The van der Waals surface area contributed by atoms with Crippen LogP contribution in [0.25, 0.3) is 0 Å². The van der Waals surface area contributed by atoms with Gasteiger partial charge in [0.2, 0.25) is 0 Å². The molecule has 27 heavy (non-hydrogen) atoms. The van der Waals surface area contributed by atoms with Gasteiger partial charge in [-0.1, -0.05) is 0 Å². The maximum atomic E-state index is 11.9. The van der Waals surface area contributed by atoms with E-state index in [1.807, 2.05) is 20.8 Å². The number of hydrogen-bond acceptors (Lipinski definition) is 7. The molecule has 0 radical (unpaired) electrons. The van der Waals surface area contributed by atoms with Crippen LogP contribution in [0.2, 0.25) is 0 Å². The second-order valence-electron chi connectivity index (χ2n) is 6.71. The minimum absolute atomic E-state index is 0.0132. The van der Waals surface area contributed by atoms with Crippen LogP contribution in [-0.4, -0.2) is 41.0 Å². The number of amidine groups is 1. The van der Waals surface area contributed by atoms with Crippen LogP contribution in [0.1, 0.15) is 32.2 Å². The van der Waals surface area contributed by atoms with Gasteiger partial charge in [0.1, 0.15) is 30.3 Å². The number of rotatable bonds is 7. The average molecular weight is 371 g/mol. The Kier molecular flexibility index (Phi) is 6.70. The van der Waals surface area contributed by atoms with Crippen LogP contribution in [0.15, 0.2) is 41.7 Å². The van der Waals surface area contributed by atoms with Crippen LogP contribution in [-0.2, 0) is 16.1 Å². The van der Waals surface area contributed by atoms with E-state index in [1.165, 1.54) is 0 Å². The van der Waals surface area contributed by atoms with Crippen molar-refractivity contribution in [2.45, 2.75) is 33.0 Å². The number of carbonyl (C=O) groups is 1. The van der Waals surface area contributed by atoms with Crippen molar-refractivity contribution in [1.29, 1.82) is 0 Å². The van der Waals surface area contributed by atoms with Crippen LogP contribution < -0.4 is 15.8 Å². The van der Waals surface area contributed by atoms with Crippen molar-refractivity contribution in [2.24, 2.45) is 10.7 Å². The van der Waals surface area contributed by atoms with Gasteiger partial charge in [0, 0.05) is 30.7 Å². The molecule has 0 aliphatic rings. The van der Waals surface area contributed by atoms with Gasteiger partial charge in [-0.15, -0.1) is 0 Å². The van der Waals surface area contributed by atoms with E-state index in [0.717, 1.165) is 0 Å². The second kappa shape index (κ2) is 8.98. The highest BCUT2D eigenvalue weighted by Crippen LogP contribution is 2.23. The van der Waals surface area contributed by atoms with E-state index in [1.54, 1.807) is 43.7 Å². The largest absolute Gasteiger partial charge is 0.486 e. The van der Waals surface area contributed by atoms with Gasteiger partial charge in [-0.3, -0.25) is 9.79 Å². The zero-order chi connectivity index (χ0) is 19.9. The zero-order valence-electron chi connectivity index (χ0n) is 16.0. The van der Waals surface area contributed by atoms with Gasteiger partial charge in [0.15, 0.2) is 5.82 Å². The lowest BCUT2D eigenvalue weighted by Gasteiger charge is -2.20. The lowest BCUT2D eigenvalue weighted by molar-refractivity contribution is -0.152. The summed E-state index contributed by atoms with van der Waals surface area (Å²) in [7, 11) is 1.60. The normalized spacial score (nSPS) is 11.8. The van der Waals surface area contributed by atoms with E-state index in [0.29, 0.717) is 28.7 Å². The number of anilines is 1. The maximum Gasteiger partial charge on any atom is 0.325 e. The number of nitrogens with two attached hydrogens (primary N) is 1. The molecule has 0 atom stereocenters. The summed E-state index contributed by atoms with van der Waals surface area (Å²) < 4.78 is 11.0. The molecule has 2 rings (SSSR count). The number of aromatic nitrogens is 2. The van der Waals surface area contributed by atoms with Crippen molar-refractivity contribution in [3.8, 4) is 5.75 Å². The summed E-state index contributed by atoms with van der Waals surface area (Å²) in [6.07, 6.45) is 3.31. The Morgan fingerprint density at radius 2 is 1.96 bits per heavy atom. The van der Waals surface area contributed by atoms with Crippen LogP contribution in [0, 0.1) is 0 Å². The Morgan fingerprint density at radius 1 is 1.26 bits per heavy atom. The molecule has 3 N–H and O–H groups in total. The van der Waals surface area contributed by atoms with Crippen molar-refractivity contribution in [3.63, 3.8) is 0 Å².